The lowest BCUT2D eigenvalue weighted by atomic mass is 10.2. The summed E-state index contributed by atoms with van der Waals surface area (Å²) in [5.41, 5.74) is 5.92. The summed E-state index contributed by atoms with van der Waals surface area (Å²) in [6, 6.07) is 0.993. The van der Waals surface area contributed by atoms with Crippen molar-refractivity contribution in [2.24, 2.45) is 5.73 Å². The van der Waals surface area contributed by atoms with Crippen molar-refractivity contribution < 1.29 is 9.90 Å². The molecule has 19 heavy (non-hydrogen) atoms. The van der Waals surface area contributed by atoms with E-state index >= 15 is 0 Å². The third kappa shape index (κ3) is 3.53. The van der Waals surface area contributed by atoms with E-state index in [-0.39, 0.29) is 0 Å². The number of hydrogen-bond donors (Lipinski definition) is 2. The predicted octanol–water partition coefficient (Wildman–Crippen LogP) is 2.69. The Morgan fingerprint density at radius 2 is 2.32 bits per heavy atom. The van der Waals surface area contributed by atoms with Gasteiger partial charge in [-0.3, -0.25) is 4.79 Å². The maximum Gasteiger partial charge on any atom is 0.326 e. The van der Waals surface area contributed by atoms with Crippen LogP contribution in [0.5, 0.6) is 0 Å². The van der Waals surface area contributed by atoms with E-state index in [1.165, 1.54) is 16.2 Å². The van der Waals surface area contributed by atoms with E-state index in [9.17, 15) is 4.79 Å². The highest BCUT2D eigenvalue weighted by atomic mass is 79.9. The van der Waals surface area contributed by atoms with Crippen molar-refractivity contribution in [3.8, 4) is 0 Å². The van der Waals surface area contributed by atoms with Gasteiger partial charge in [-0.2, -0.15) is 0 Å². The predicted molar refractivity (Wildman–Crippen MR) is 80.8 cm³/mol. The Labute approximate surface area is 126 Å². The fourth-order valence-corrected chi connectivity index (χ4v) is 3.79. The van der Waals surface area contributed by atoms with Gasteiger partial charge in [0, 0.05) is 27.2 Å². The Morgan fingerprint density at radius 1 is 1.58 bits per heavy atom. The molecule has 0 aliphatic heterocycles. The van der Waals surface area contributed by atoms with E-state index in [4.69, 9.17) is 10.8 Å². The van der Waals surface area contributed by atoms with Crippen LogP contribution in [0, 0.1) is 0 Å². The molecule has 0 aromatic carbocycles. The van der Waals surface area contributed by atoms with Crippen molar-refractivity contribution in [1.82, 2.24) is 4.98 Å². The lowest BCUT2D eigenvalue weighted by molar-refractivity contribution is -0.138. The average Bonchev–Trinajstić information content (AvgIpc) is 2.97. The molecule has 0 aliphatic rings. The molecule has 0 saturated carbocycles. The van der Waals surface area contributed by atoms with Crippen LogP contribution in [-0.2, 0) is 11.3 Å². The molecule has 0 amide bonds. The first-order valence-electron chi connectivity index (χ1n) is 5.35. The Balaban J connectivity index is 2.07. The number of hydrogen-bond acceptors (Lipinski definition) is 6. The summed E-state index contributed by atoms with van der Waals surface area (Å²) in [7, 11) is 1.92. The Hall–Kier alpha value is -0.960. The summed E-state index contributed by atoms with van der Waals surface area (Å²) in [4.78, 5) is 18.2. The van der Waals surface area contributed by atoms with Gasteiger partial charge in [0.1, 0.15) is 6.04 Å². The highest BCUT2D eigenvalue weighted by Gasteiger charge is 2.18. The third-order valence-electron chi connectivity index (χ3n) is 2.44. The van der Waals surface area contributed by atoms with Gasteiger partial charge in [0.2, 0.25) is 0 Å². The second-order valence-corrected chi connectivity index (χ2v) is 6.71. The average molecular weight is 362 g/mol. The molecule has 5 nitrogen and oxygen atoms in total. The topological polar surface area (TPSA) is 79.5 Å². The van der Waals surface area contributed by atoms with Crippen LogP contribution in [0.3, 0.4) is 0 Å². The first kappa shape index (κ1) is 14.4. The summed E-state index contributed by atoms with van der Waals surface area (Å²) in [5, 5.41) is 13.3. The van der Waals surface area contributed by atoms with Crippen LogP contribution in [0.25, 0.3) is 0 Å². The van der Waals surface area contributed by atoms with Crippen molar-refractivity contribution in [2.75, 3.05) is 11.9 Å². The van der Waals surface area contributed by atoms with E-state index in [0.717, 1.165) is 16.1 Å². The summed E-state index contributed by atoms with van der Waals surface area (Å²) in [6.07, 6.45) is 0. The van der Waals surface area contributed by atoms with Gasteiger partial charge in [0.05, 0.1) is 12.2 Å². The van der Waals surface area contributed by atoms with Gasteiger partial charge in [0.15, 0.2) is 5.13 Å². The number of nitrogens with zero attached hydrogens (tertiary/aromatic N) is 2. The van der Waals surface area contributed by atoms with Crippen LogP contribution >= 0.6 is 38.6 Å². The van der Waals surface area contributed by atoms with Gasteiger partial charge in [0.25, 0.3) is 0 Å². The quantitative estimate of drug-likeness (QED) is 0.855. The molecule has 0 spiro atoms. The third-order valence-corrected chi connectivity index (χ3v) is 5.09. The first-order chi connectivity index (χ1) is 8.97. The second-order valence-electron chi connectivity index (χ2n) is 3.96. The molecule has 8 heteroatoms. The minimum atomic E-state index is -1.07. The van der Waals surface area contributed by atoms with Crippen molar-refractivity contribution in [2.45, 2.75) is 12.6 Å². The number of anilines is 1. The Morgan fingerprint density at radius 3 is 2.89 bits per heavy atom. The summed E-state index contributed by atoms with van der Waals surface area (Å²) in [6.45, 7) is 0.728. The van der Waals surface area contributed by atoms with Gasteiger partial charge in [-0.1, -0.05) is 0 Å². The summed E-state index contributed by atoms with van der Waals surface area (Å²) < 4.78 is 1.06. The number of carboxylic acid groups (broad SMARTS) is 1. The van der Waals surface area contributed by atoms with Gasteiger partial charge in [-0.25, -0.2) is 4.98 Å². The van der Waals surface area contributed by atoms with E-state index < -0.39 is 12.0 Å². The van der Waals surface area contributed by atoms with Crippen LogP contribution in [0.1, 0.15) is 16.6 Å². The van der Waals surface area contributed by atoms with Crippen LogP contribution < -0.4 is 10.6 Å². The maximum atomic E-state index is 10.8. The standard InChI is InChI=1S/C11H12BrN3O2S2/c1-15(3-7-2-6(12)4-18-7)11-14-8(5-19-11)9(13)10(16)17/h2,4-5,9H,3,13H2,1H3,(H,16,17). The lowest BCUT2D eigenvalue weighted by Crippen LogP contribution is -2.21. The zero-order valence-electron chi connectivity index (χ0n) is 10.0. The zero-order valence-corrected chi connectivity index (χ0v) is 13.3. The largest absolute Gasteiger partial charge is 0.480 e. The van der Waals surface area contributed by atoms with Gasteiger partial charge >= 0.3 is 5.97 Å². The molecule has 0 bridgehead atoms. The molecule has 0 fully saturated rings. The van der Waals surface area contributed by atoms with Crippen LogP contribution in [0.15, 0.2) is 21.3 Å². The number of aliphatic carboxylic acids is 1. The second kappa shape index (κ2) is 6.00. The number of carbonyl (C=O) groups is 1. The lowest BCUT2D eigenvalue weighted by Gasteiger charge is -2.14. The Kier molecular flexibility index (Phi) is 4.56. The molecule has 0 aliphatic carbocycles. The molecule has 102 valence electrons. The van der Waals surface area contributed by atoms with Gasteiger partial charge in [-0.05, 0) is 22.0 Å². The van der Waals surface area contributed by atoms with Crippen molar-refractivity contribution in [1.29, 1.82) is 0 Å². The van der Waals surface area contributed by atoms with E-state index in [2.05, 4.69) is 27.0 Å². The minimum absolute atomic E-state index is 0.395. The molecule has 1 unspecified atom stereocenters. The molecule has 1 atom stereocenters. The molecule has 3 N–H and O–H groups in total. The van der Waals surface area contributed by atoms with Gasteiger partial charge in [-0.15, -0.1) is 22.7 Å². The highest BCUT2D eigenvalue weighted by molar-refractivity contribution is 9.10. The zero-order chi connectivity index (χ0) is 14.0. The smallest absolute Gasteiger partial charge is 0.326 e. The van der Waals surface area contributed by atoms with Crippen LogP contribution in [0.4, 0.5) is 5.13 Å². The number of carboxylic acids is 1. The number of thiophene rings is 1. The fourth-order valence-electron chi connectivity index (χ4n) is 1.46. The molecular weight excluding hydrogens is 350 g/mol. The van der Waals surface area contributed by atoms with E-state index in [1.807, 2.05) is 17.3 Å². The van der Waals surface area contributed by atoms with Crippen molar-refractivity contribution >= 4 is 49.7 Å². The Bertz CT molecular complexity index is 584. The monoisotopic (exact) mass is 361 g/mol. The van der Waals surface area contributed by atoms with Crippen molar-refractivity contribution in [3.63, 3.8) is 0 Å². The summed E-state index contributed by atoms with van der Waals surface area (Å²) in [5.74, 6) is -1.07. The molecule has 2 aromatic rings. The number of thiazole rings is 1. The van der Waals surface area contributed by atoms with E-state index in [0.29, 0.717) is 5.69 Å². The molecular formula is C11H12BrN3O2S2. The summed E-state index contributed by atoms with van der Waals surface area (Å²) >= 11 is 6.47. The number of aromatic nitrogens is 1. The fraction of sp³-hybridized carbons (Fsp3) is 0.273. The van der Waals surface area contributed by atoms with Crippen molar-refractivity contribution in [3.05, 3.63) is 31.9 Å². The van der Waals surface area contributed by atoms with E-state index in [1.54, 1.807) is 16.7 Å². The highest BCUT2D eigenvalue weighted by Crippen LogP contribution is 2.26. The number of rotatable bonds is 5. The number of nitrogens with two attached hydrogens (primary N) is 1. The van der Waals surface area contributed by atoms with Crippen LogP contribution in [-0.4, -0.2) is 23.1 Å². The van der Waals surface area contributed by atoms with Gasteiger partial charge < -0.3 is 15.7 Å². The molecule has 0 saturated heterocycles. The maximum absolute atomic E-state index is 10.8. The number of halogens is 1. The normalized spacial score (nSPS) is 12.4. The first-order valence-corrected chi connectivity index (χ1v) is 7.90. The molecule has 2 rings (SSSR count). The molecule has 2 aromatic heterocycles. The minimum Gasteiger partial charge on any atom is -0.480 e. The molecule has 2 heterocycles. The SMILES string of the molecule is CN(Cc1cc(Br)cs1)c1nc(C(N)C(=O)O)cs1. The molecule has 0 radical (unpaired) electrons. The van der Waals surface area contributed by atoms with Crippen LogP contribution in [0.2, 0.25) is 0 Å².